The fraction of sp³-hybridized carbons (Fsp3) is 0.462. The highest BCUT2D eigenvalue weighted by molar-refractivity contribution is 5.50. The lowest BCUT2D eigenvalue weighted by Crippen LogP contribution is -2.08. The van der Waals surface area contributed by atoms with Crippen LogP contribution in [0.15, 0.2) is 12.1 Å². The van der Waals surface area contributed by atoms with Gasteiger partial charge in [0.05, 0.1) is 12.2 Å². The molecule has 0 atom stereocenters. The van der Waals surface area contributed by atoms with Crippen molar-refractivity contribution in [1.29, 1.82) is 5.26 Å². The predicted octanol–water partition coefficient (Wildman–Crippen LogP) is 2.85. The van der Waals surface area contributed by atoms with Gasteiger partial charge in [-0.15, -0.1) is 0 Å². The zero-order valence-electron chi connectivity index (χ0n) is 10.3. The van der Waals surface area contributed by atoms with E-state index >= 15 is 0 Å². The van der Waals surface area contributed by atoms with Crippen LogP contribution in [0.25, 0.3) is 0 Å². The fourth-order valence-corrected chi connectivity index (χ4v) is 1.51. The van der Waals surface area contributed by atoms with Crippen molar-refractivity contribution in [2.24, 2.45) is 0 Å². The largest absolute Gasteiger partial charge is 0.489 e. The Bertz CT molecular complexity index is 424. The number of nitriles is 1. The number of rotatable bonds is 5. The molecule has 92 valence electrons. The molecule has 0 radical (unpaired) electrons. The molecule has 4 heteroatoms. The normalized spacial score (nSPS) is 10.4. The molecule has 0 heterocycles. The summed E-state index contributed by atoms with van der Waals surface area (Å²) in [6, 6.07) is 4.55. The first-order valence-electron chi connectivity index (χ1n) is 5.45. The summed E-state index contributed by atoms with van der Waals surface area (Å²) in [6.45, 7) is 4.63. The van der Waals surface area contributed by atoms with Crippen molar-refractivity contribution in [3.63, 3.8) is 0 Å². The molecule has 0 spiro atoms. The number of ether oxygens (including phenoxy) is 2. The van der Waals surface area contributed by atoms with Crippen LogP contribution in [0.4, 0.5) is 4.39 Å². The number of halogens is 1. The lowest BCUT2D eigenvalue weighted by Gasteiger charge is -2.15. The van der Waals surface area contributed by atoms with Crippen molar-refractivity contribution in [3.05, 3.63) is 29.1 Å². The maximum absolute atomic E-state index is 13.3. The Hall–Kier alpha value is -1.60. The minimum absolute atomic E-state index is 0.0929. The SMILES string of the molecule is COCCOc1c(C#N)cc(F)cc1C(C)C. The number of nitrogens with zero attached hydrogens (tertiary/aromatic N) is 1. The summed E-state index contributed by atoms with van der Waals surface area (Å²) in [4.78, 5) is 0. The third kappa shape index (κ3) is 3.43. The van der Waals surface area contributed by atoms with Crippen LogP contribution in [0.5, 0.6) is 5.75 Å². The van der Waals surface area contributed by atoms with Gasteiger partial charge in [0.15, 0.2) is 0 Å². The Morgan fingerprint density at radius 3 is 2.59 bits per heavy atom. The number of hydrogen-bond donors (Lipinski definition) is 0. The van der Waals surface area contributed by atoms with E-state index in [0.29, 0.717) is 24.5 Å². The van der Waals surface area contributed by atoms with Crippen LogP contribution in [0, 0.1) is 17.1 Å². The maximum atomic E-state index is 13.3. The maximum Gasteiger partial charge on any atom is 0.140 e. The highest BCUT2D eigenvalue weighted by Crippen LogP contribution is 2.31. The van der Waals surface area contributed by atoms with Crippen LogP contribution >= 0.6 is 0 Å². The van der Waals surface area contributed by atoms with E-state index < -0.39 is 5.82 Å². The van der Waals surface area contributed by atoms with Crippen molar-refractivity contribution in [1.82, 2.24) is 0 Å². The first-order valence-corrected chi connectivity index (χ1v) is 5.45. The third-order valence-corrected chi connectivity index (χ3v) is 2.36. The summed E-state index contributed by atoms with van der Waals surface area (Å²) in [5.74, 6) is 0.139. The molecule has 0 aliphatic heterocycles. The Balaban J connectivity index is 3.09. The van der Waals surface area contributed by atoms with Crippen LogP contribution in [0.3, 0.4) is 0 Å². The van der Waals surface area contributed by atoms with E-state index in [1.54, 1.807) is 7.11 Å². The van der Waals surface area contributed by atoms with Gasteiger partial charge in [-0.25, -0.2) is 4.39 Å². The summed E-state index contributed by atoms with van der Waals surface area (Å²) in [5, 5.41) is 8.98. The molecule has 0 fully saturated rings. The highest BCUT2D eigenvalue weighted by atomic mass is 19.1. The smallest absolute Gasteiger partial charge is 0.140 e. The average Bonchev–Trinajstić information content (AvgIpc) is 2.30. The van der Waals surface area contributed by atoms with E-state index in [2.05, 4.69) is 0 Å². The molecule has 0 aliphatic carbocycles. The van der Waals surface area contributed by atoms with E-state index in [0.717, 1.165) is 0 Å². The lowest BCUT2D eigenvalue weighted by molar-refractivity contribution is 0.145. The second kappa shape index (κ2) is 6.21. The van der Waals surface area contributed by atoms with E-state index in [4.69, 9.17) is 14.7 Å². The van der Waals surface area contributed by atoms with E-state index in [-0.39, 0.29) is 11.5 Å². The minimum Gasteiger partial charge on any atom is -0.489 e. The van der Waals surface area contributed by atoms with Crippen molar-refractivity contribution in [2.45, 2.75) is 19.8 Å². The Kier molecular flexibility index (Phi) is 4.92. The van der Waals surface area contributed by atoms with Gasteiger partial charge in [-0.05, 0) is 18.1 Å². The molecule has 0 aromatic heterocycles. The first kappa shape index (κ1) is 13.5. The zero-order chi connectivity index (χ0) is 12.8. The number of hydrogen-bond acceptors (Lipinski definition) is 3. The van der Waals surface area contributed by atoms with Crippen LogP contribution in [-0.4, -0.2) is 20.3 Å². The molecule has 0 unspecified atom stereocenters. The monoisotopic (exact) mass is 237 g/mol. The molecule has 3 nitrogen and oxygen atoms in total. The third-order valence-electron chi connectivity index (χ3n) is 2.36. The van der Waals surface area contributed by atoms with Gasteiger partial charge < -0.3 is 9.47 Å². The molecule has 0 bridgehead atoms. The van der Waals surface area contributed by atoms with Crippen molar-refractivity contribution in [2.75, 3.05) is 20.3 Å². The van der Waals surface area contributed by atoms with Crippen LogP contribution in [0.1, 0.15) is 30.9 Å². The average molecular weight is 237 g/mol. The molecule has 17 heavy (non-hydrogen) atoms. The topological polar surface area (TPSA) is 42.2 Å². The van der Waals surface area contributed by atoms with Crippen LogP contribution in [-0.2, 0) is 4.74 Å². The molecule has 1 aromatic carbocycles. The lowest BCUT2D eigenvalue weighted by atomic mass is 9.99. The Morgan fingerprint density at radius 1 is 1.35 bits per heavy atom. The molecular weight excluding hydrogens is 221 g/mol. The van der Waals surface area contributed by atoms with Crippen LogP contribution in [0.2, 0.25) is 0 Å². The number of methoxy groups -OCH3 is 1. The summed E-state index contributed by atoms with van der Waals surface area (Å²) < 4.78 is 23.7. The van der Waals surface area contributed by atoms with E-state index in [1.807, 2.05) is 19.9 Å². The summed E-state index contributed by atoms with van der Waals surface area (Å²) >= 11 is 0. The second-order valence-electron chi connectivity index (χ2n) is 3.98. The molecule has 0 saturated carbocycles. The Labute approximate surface area is 101 Å². The quantitative estimate of drug-likeness (QED) is 0.739. The van der Waals surface area contributed by atoms with Crippen LogP contribution < -0.4 is 4.74 Å². The fourth-order valence-electron chi connectivity index (χ4n) is 1.51. The molecule has 0 aliphatic rings. The van der Waals surface area contributed by atoms with Gasteiger partial charge in [-0.2, -0.15) is 5.26 Å². The molecular formula is C13H16FNO2. The number of benzene rings is 1. The van der Waals surface area contributed by atoms with Gasteiger partial charge in [-0.1, -0.05) is 13.8 Å². The van der Waals surface area contributed by atoms with Gasteiger partial charge >= 0.3 is 0 Å². The minimum atomic E-state index is -0.413. The van der Waals surface area contributed by atoms with Crippen molar-refractivity contribution < 1.29 is 13.9 Å². The van der Waals surface area contributed by atoms with Crippen molar-refractivity contribution in [3.8, 4) is 11.8 Å². The summed E-state index contributed by atoms with van der Waals surface area (Å²) in [7, 11) is 1.57. The van der Waals surface area contributed by atoms with E-state index in [1.165, 1.54) is 12.1 Å². The zero-order valence-corrected chi connectivity index (χ0v) is 10.3. The van der Waals surface area contributed by atoms with Gasteiger partial charge in [0.2, 0.25) is 0 Å². The Morgan fingerprint density at radius 2 is 2.06 bits per heavy atom. The van der Waals surface area contributed by atoms with Crippen molar-refractivity contribution >= 4 is 0 Å². The summed E-state index contributed by atoms with van der Waals surface area (Å²) in [6.07, 6.45) is 0. The summed E-state index contributed by atoms with van der Waals surface area (Å²) in [5.41, 5.74) is 0.933. The molecule has 0 N–H and O–H groups in total. The standard InChI is InChI=1S/C13H16FNO2/c1-9(2)12-7-11(14)6-10(8-15)13(12)17-5-4-16-3/h6-7,9H,4-5H2,1-3H3. The van der Waals surface area contributed by atoms with E-state index in [9.17, 15) is 4.39 Å². The molecule has 0 saturated heterocycles. The van der Waals surface area contributed by atoms with Gasteiger partial charge in [-0.3, -0.25) is 0 Å². The predicted molar refractivity (Wildman–Crippen MR) is 62.6 cm³/mol. The first-order chi connectivity index (χ1) is 8.10. The highest BCUT2D eigenvalue weighted by Gasteiger charge is 2.15. The molecule has 1 aromatic rings. The van der Waals surface area contributed by atoms with Gasteiger partial charge in [0.1, 0.15) is 24.2 Å². The van der Waals surface area contributed by atoms with Gasteiger partial charge in [0, 0.05) is 12.7 Å². The second-order valence-corrected chi connectivity index (χ2v) is 3.98. The molecule has 1 rings (SSSR count). The van der Waals surface area contributed by atoms with Gasteiger partial charge in [0.25, 0.3) is 0 Å². The molecule has 0 amide bonds.